The number of hydrogen-bond donors (Lipinski definition) is 2. The summed E-state index contributed by atoms with van der Waals surface area (Å²) in [6, 6.07) is 6.27. The molecular formula is C11H15ClN2S. The summed E-state index contributed by atoms with van der Waals surface area (Å²) in [5.41, 5.74) is 6.50. The van der Waals surface area contributed by atoms with Crippen molar-refractivity contribution in [1.29, 1.82) is 0 Å². The van der Waals surface area contributed by atoms with E-state index < -0.39 is 0 Å². The van der Waals surface area contributed by atoms with E-state index in [0.717, 1.165) is 27.9 Å². The number of hydrogen-bond acceptors (Lipinski definition) is 3. The van der Waals surface area contributed by atoms with Gasteiger partial charge in [0.2, 0.25) is 0 Å². The van der Waals surface area contributed by atoms with E-state index in [-0.39, 0.29) is 0 Å². The molecule has 15 heavy (non-hydrogen) atoms. The van der Waals surface area contributed by atoms with Crippen LogP contribution in [0.3, 0.4) is 0 Å². The molecule has 82 valence electrons. The molecule has 0 aliphatic carbocycles. The summed E-state index contributed by atoms with van der Waals surface area (Å²) in [5.74, 6) is 1.07. The van der Waals surface area contributed by atoms with Gasteiger partial charge in [-0.1, -0.05) is 11.6 Å². The SMILES string of the molecule is Nc1ccc(Cl)c(SC[C@H]2CCCN2)c1. The fourth-order valence-corrected chi connectivity index (χ4v) is 3.09. The number of thioether (sulfide) groups is 1. The van der Waals surface area contributed by atoms with E-state index in [1.54, 1.807) is 11.8 Å². The van der Waals surface area contributed by atoms with Crippen molar-refractivity contribution in [1.82, 2.24) is 5.32 Å². The van der Waals surface area contributed by atoms with Gasteiger partial charge in [0.05, 0.1) is 5.02 Å². The third-order valence-corrected chi connectivity index (χ3v) is 4.22. The topological polar surface area (TPSA) is 38.0 Å². The molecule has 0 amide bonds. The average molecular weight is 243 g/mol. The molecule has 0 bridgehead atoms. The zero-order valence-electron chi connectivity index (χ0n) is 8.50. The Morgan fingerprint density at radius 1 is 1.53 bits per heavy atom. The molecule has 1 aliphatic rings. The number of rotatable bonds is 3. The lowest BCUT2D eigenvalue weighted by atomic mass is 10.3. The highest BCUT2D eigenvalue weighted by Gasteiger charge is 2.14. The summed E-state index contributed by atoms with van der Waals surface area (Å²) in [6.07, 6.45) is 2.56. The van der Waals surface area contributed by atoms with Gasteiger partial charge in [0, 0.05) is 22.4 Å². The van der Waals surface area contributed by atoms with Crippen LogP contribution in [0, 0.1) is 0 Å². The minimum absolute atomic E-state index is 0.632. The Morgan fingerprint density at radius 2 is 2.40 bits per heavy atom. The van der Waals surface area contributed by atoms with Crippen LogP contribution in [-0.4, -0.2) is 18.3 Å². The lowest BCUT2D eigenvalue weighted by Crippen LogP contribution is -2.23. The highest BCUT2D eigenvalue weighted by Crippen LogP contribution is 2.30. The van der Waals surface area contributed by atoms with Crippen molar-refractivity contribution < 1.29 is 0 Å². The molecule has 1 heterocycles. The van der Waals surface area contributed by atoms with Crippen LogP contribution in [0.25, 0.3) is 0 Å². The van der Waals surface area contributed by atoms with Crippen LogP contribution in [0.2, 0.25) is 5.02 Å². The van der Waals surface area contributed by atoms with Gasteiger partial charge in [-0.3, -0.25) is 0 Å². The Labute approximate surface area is 99.6 Å². The molecule has 0 unspecified atom stereocenters. The number of benzene rings is 1. The number of anilines is 1. The van der Waals surface area contributed by atoms with Crippen molar-refractivity contribution in [2.24, 2.45) is 0 Å². The number of nitrogens with one attached hydrogen (secondary N) is 1. The zero-order chi connectivity index (χ0) is 10.7. The zero-order valence-corrected chi connectivity index (χ0v) is 10.1. The molecule has 3 N–H and O–H groups in total. The summed E-state index contributed by atoms with van der Waals surface area (Å²) in [4.78, 5) is 1.09. The van der Waals surface area contributed by atoms with E-state index in [1.165, 1.54) is 12.8 Å². The van der Waals surface area contributed by atoms with Crippen LogP contribution in [0.15, 0.2) is 23.1 Å². The van der Waals surface area contributed by atoms with E-state index in [2.05, 4.69) is 5.32 Å². The maximum absolute atomic E-state index is 6.08. The summed E-state index contributed by atoms with van der Waals surface area (Å²) in [7, 11) is 0. The third kappa shape index (κ3) is 3.03. The minimum Gasteiger partial charge on any atom is -0.399 e. The average Bonchev–Trinajstić information content (AvgIpc) is 2.72. The summed E-state index contributed by atoms with van der Waals surface area (Å²) in [6.45, 7) is 1.15. The highest BCUT2D eigenvalue weighted by atomic mass is 35.5. The first-order valence-corrected chi connectivity index (χ1v) is 6.53. The number of nitrogens with two attached hydrogens (primary N) is 1. The van der Waals surface area contributed by atoms with Crippen LogP contribution in [0.4, 0.5) is 5.69 Å². The van der Waals surface area contributed by atoms with Gasteiger partial charge in [-0.15, -0.1) is 11.8 Å². The lowest BCUT2D eigenvalue weighted by Gasteiger charge is -2.10. The molecule has 4 heteroatoms. The fraction of sp³-hybridized carbons (Fsp3) is 0.455. The van der Waals surface area contributed by atoms with Crippen molar-refractivity contribution in [3.8, 4) is 0 Å². The first-order valence-electron chi connectivity index (χ1n) is 5.17. The molecule has 1 saturated heterocycles. The van der Waals surface area contributed by atoms with E-state index in [1.807, 2.05) is 18.2 Å². The van der Waals surface area contributed by atoms with Gasteiger partial charge in [0.1, 0.15) is 0 Å². The molecule has 1 aromatic rings. The maximum Gasteiger partial charge on any atom is 0.0543 e. The first kappa shape index (κ1) is 11.1. The molecule has 0 spiro atoms. The van der Waals surface area contributed by atoms with Crippen LogP contribution < -0.4 is 11.1 Å². The number of nitrogen functional groups attached to an aromatic ring is 1. The van der Waals surface area contributed by atoms with Crippen molar-refractivity contribution in [2.75, 3.05) is 18.0 Å². The van der Waals surface area contributed by atoms with E-state index in [9.17, 15) is 0 Å². The van der Waals surface area contributed by atoms with E-state index >= 15 is 0 Å². The van der Waals surface area contributed by atoms with Crippen molar-refractivity contribution in [3.05, 3.63) is 23.2 Å². The smallest absolute Gasteiger partial charge is 0.0543 e. The quantitative estimate of drug-likeness (QED) is 0.632. The van der Waals surface area contributed by atoms with Crippen LogP contribution in [-0.2, 0) is 0 Å². The van der Waals surface area contributed by atoms with Gasteiger partial charge in [0.15, 0.2) is 0 Å². The molecule has 1 aromatic carbocycles. The summed E-state index contributed by atoms with van der Waals surface area (Å²) >= 11 is 7.87. The Hall–Kier alpha value is -0.380. The Balaban J connectivity index is 1.94. The molecule has 2 nitrogen and oxygen atoms in total. The second kappa shape index (κ2) is 5.10. The monoisotopic (exact) mass is 242 g/mol. The summed E-state index contributed by atoms with van der Waals surface area (Å²) < 4.78 is 0. The molecule has 0 radical (unpaired) electrons. The first-order chi connectivity index (χ1) is 7.25. The van der Waals surface area contributed by atoms with Crippen LogP contribution in [0.5, 0.6) is 0 Å². The highest BCUT2D eigenvalue weighted by molar-refractivity contribution is 7.99. The Kier molecular flexibility index (Phi) is 3.78. The lowest BCUT2D eigenvalue weighted by molar-refractivity contribution is 0.674. The van der Waals surface area contributed by atoms with Gasteiger partial charge in [0.25, 0.3) is 0 Å². The predicted molar refractivity (Wildman–Crippen MR) is 67.6 cm³/mol. The predicted octanol–water partition coefficient (Wildman–Crippen LogP) is 2.77. The maximum atomic E-state index is 6.08. The fourth-order valence-electron chi connectivity index (χ4n) is 1.72. The van der Waals surface area contributed by atoms with Crippen molar-refractivity contribution in [3.63, 3.8) is 0 Å². The van der Waals surface area contributed by atoms with Gasteiger partial charge < -0.3 is 11.1 Å². The second-order valence-corrected chi connectivity index (χ2v) is 5.26. The largest absolute Gasteiger partial charge is 0.399 e. The van der Waals surface area contributed by atoms with Crippen LogP contribution in [0.1, 0.15) is 12.8 Å². The van der Waals surface area contributed by atoms with Crippen molar-refractivity contribution >= 4 is 29.1 Å². The van der Waals surface area contributed by atoms with E-state index in [0.29, 0.717) is 6.04 Å². The molecular weight excluding hydrogens is 228 g/mol. The molecule has 1 atom stereocenters. The number of halogens is 1. The van der Waals surface area contributed by atoms with E-state index in [4.69, 9.17) is 17.3 Å². The van der Waals surface area contributed by atoms with Gasteiger partial charge in [-0.05, 0) is 37.6 Å². The Bertz CT molecular complexity index is 337. The molecule has 0 saturated carbocycles. The molecule has 0 aromatic heterocycles. The second-order valence-electron chi connectivity index (χ2n) is 3.79. The normalized spacial score (nSPS) is 20.7. The van der Waals surface area contributed by atoms with Gasteiger partial charge in [-0.25, -0.2) is 0 Å². The molecule has 2 rings (SSSR count). The standard InChI is InChI=1S/C11H15ClN2S/c12-10-4-3-8(13)6-11(10)15-7-9-2-1-5-14-9/h3-4,6,9,14H,1-2,5,7,13H2/t9-/m1/s1. The Morgan fingerprint density at radius 3 is 3.13 bits per heavy atom. The minimum atomic E-state index is 0.632. The van der Waals surface area contributed by atoms with Crippen LogP contribution >= 0.6 is 23.4 Å². The van der Waals surface area contributed by atoms with Gasteiger partial charge >= 0.3 is 0 Å². The summed E-state index contributed by atoms with van der Waals surface area (Å²) in [5, 5.41) is 4.26. The van der Waals surface area contributed by atoms with Gasteiger partial charge in [-0.2, -0.15) is 0 Å². The molecule has 1 aliphatic heterocycles. The van der Waals surface area contributed by atoms with Crippen molar-refractivity contribution in [2.45, 2.75) is 23.8 Å². The third-order valence-electron chi connectivity index (χ3n) is 2.56. The molecule has 1 fully saturated rings.